The Balaban J connectivity index is 2.25. The molecular weight excluding hydrogens is 264 g/mol. The summed E-state index contributed by atoms with van der Waals surface area (Å²) in [5, 5.41) is -0.321. The molecule has 0 aromatic heterocycles. The summed E-state index contributed by atoms with van der Waals surface area (Å²) in [6.07, 6.45) is 5.86. The van der Waals surface area contributed by atoms with Crippen LogP contribution in [0, 0.1) is 0 Å². The number of likely N-dealkylation sites (N-methyl/N-ethyl adjacent to an activating group) is 1. The number of rotatable bonds is 4. The van der Waals surface area contributed by atoms with Crippen molar-refractivity contribution in [1.82, 2.24) is 4.90 Å². The van der Waals surface area contributed by atoms with Gasteiger partial charge in [0.15, 0.2) is 9.84 Å². The van der Waals surface area contributed by atoms with Crippen LogP contribution in [0.1, 0.15) is 32.1 Å². The van der Waals surface area contributed by atoms with Crippen LogP contribution in [0.5, 0.6) is 0 Å². The van der Waals surface area contributed by atoms with Gasteiger partial charge >= 0.3 is 0 Å². The lowest BCUT2D eigenvalue weighted by atomic mass is 9.91. The third-order valence-electron chi connectivity index (χ3n) is 4.99. The van der Waals surface area contributed by atoms with Gasteiger partial charge in [-0.25, -0.2) is 8.42 Å². The third-order valence-corrected chi connectivity index (χ3v) is 6.69. The third kappa shape index (κ3) is 2.82. The summed E-state index contributed by atoms with van der Waals surface area (Å²) in [6.45, 7) is 1.94. The predicted octanol–water partition coefficient (Wildman–Crippen LogP) is 0.392. The molecule has 0 aromatic carbocycles. The van der Waals surface area contributed by atoms with Gasteiger partial charge in [-0.1, -0.05) is 6.42 Å². The van der Waals surface area contributed by atoms with Gasteiger partial charge in [0, 0.05) is 37.6 Å². The van der Waals surface area contributed by atoms with E-state index in [1.807, 2.05) is 7.05 Å². The Morgan fingerprint density at radius 2 is 1.95 bits per heavy atom. The maximum atomic E-state index is 12.1. The minimum Gasteiger partial charge on any atom is -0.381 e. The van der Waals surface area contributed by atoms with Crippen molar-refractivity contribution >= 4 is 9.84 Å². The number of ether oxygens (including phenoxy) is 1. The number of hydrogen-bond donors (Lipinski definition) is 1. The normalized spacial score (nSPS) is 34.0. The van der Waals surface area contributed by atoms with E-state index in [9.17, 15) is 8.42 Å². The molecule has 5 nitrogen and oxygen atoms in total. The van der Waals surface area contributed by atoms with E-state index in [1.165, 1.54) is 6.26 Å². The van der Waals surface area contributed by atoms with E-state index >= 15 is 0 Å². The predicted molar refractivity (Wildman–Crippen MR) is 75.9 cm³/mol. The topological polar surface area (TPSA) is 72.6 Å². The van der Waals surface area contributed by atoms with Crippen LogP contribution < -0.4 is 5.73 Å². The molecule has 1 aliphatic heterocycles. The minimum atomic E-state index is -3.06. The highest BCUT2D eigenvalue weighted by molar-refractivity contribution is 7.91. The highest BCUT2D eigenvalue weighted by Gasteiger charge is 2.51. The molecule has 0 amide bonds. The second-order valence-corrected chi connectivity index (χ2v) is 8.20. The number of nitrogens with two attached hydrogens (primary N) is 1. The fourth-order valence-electron chi connectivity index (χ4n) is 3.85. The zero-order chi connectivity index (χ0) is 14.1. The first-order valence-electron chi connectivity index (χ1n) is 7.11. The molecule has 6 heteroatoms. The number of hydrogen-bond acceptors (Lipinski definition) is 5. The lowest BCUT2D eigenvalue weighted by Crippen LogP contribution is -2.62. The molecule has 112 valence electrons. The summed E-state index contributed by atoms with van der Waals surface area (Å²) in [5.41, 5.74) is 5.65. The first-order chi connectivity index (χ1) is 8.92. The molecule has 1 heterocycles. The van der Waals surface area contributed by atoms with E-state index in [4.69, 9.17) is 10.5 Å². The van der Waals surface area contributed by atoms with Crippen LogP contribution in [0.15, 0.2) is 0 Å². The van der Waals surface area contributed by atoms with Gasteiger partial charge in [0.2, 0.25) is 0 Å². The largest absolute Gasteiger partial charge is 0.381 e. The molecule has 1 saturated heterocycles. The zero-order valence-electron chi connectivity index (χ0n) is 12.0. The first-order valence-corrected chi connectivity index (χ1v) is 9.07. The number of nitrogens with zero attached hydrogens (tertiary/aromatic N) is 1. The van der Waals surface area contributed by atoms with Crippen molar-refractivity contribution < 1.29 is 13.2 Å². The van der Waals surface area contributed by atoms with Gasteiger partial charge in [-0.05, 0) is 32.7 Å². The average molecular weight is 290 g/mol. The zero-order valence-corrected chi connectivity index (χ0v) is 12.8. The maximum absolute atomic E-state index is 12.1. The fourth-order valence-corrected chi connectivity index (χ4v) is 5.62. The molecule has 0 radical (unpaired) electrons. The van der Waals surface area contributed by atoms with Gasteiger partial charge in [0.25, 0.3) is 0 Å². The van der Waals surface area contributed by atoms with Crippen LogP contribution >= 0.6 is 0 Å². The van der Waals surface area contributed by atoms with Gasteiger partial charge in [-0.3, -0.25) is 4.90 Å². The van der Waals surface area contributed by atoms with Crippen molar-refractivity contribution in [3.05, 3.63) is 0 Å². The van der Waals surface area contributed by atoms with Crippen molar-refractivity contribution in [3.8, 4) is 0 Å². The Hall–Kier alpha value is -0.170. The monoisotopic (exact) mass is 290 g/mol. The summed E-state index contributed by atoms with van der Waals surface area (Å²) in [4.78, 5) is 2.26. The smallest absolute Gasteiger partial charge is 0.152 e. The van der Waals surface area contributed by atoms with Crippen molar-refractivity contribution in [2.45, 2.75) is 48.9 Å². The minimum absolute atomic E-state index is 0.321. The molecular formula is C13H26N2O3S. The molecule has 19 heavy (non-hydrogen) atoms. The quantitative estimate of drug-likeness (QED) is 0.811. The van der Waals surface area contributed by atoms with E-state index in [0.717, 1.165) is 45.3 Å². The second-order valence-electron chi connectivity index (χ2n) is 5.97. The van der Waals surface area contributed by atoms with Crippen molar-refractivity contribution in [1.29, 1.82) is 0 Å². The first kappa shape index (κ1) is 15.2. The molecule has 2 rings (SSSR count). The van der Waals surface area contributed by atoms with E-state index in [2.05, 4.69) is 4.90 Å². The van der Waals surface area contributed by atoms with Crippen LogP contribution in [-0.4, -0.2) is 63.2 Å². The molecule has 2 N–H and O–H groups in total. The Morgan fingerprint density at radius 1 is 1.32 bits per heavy atom. The lowest BCUT2D eigenvalue weighted by Gasteiger charge is -2.47. The van der Waals surface area contributed by atoms with Gasteiger partial charge < -0.3 is 10.5 Å². The molecule has 1 saturated carbocycles. The van der Waals surface area contributed by atoms with Gasteiger partial charge in [0.05, 0.1) is 5.25 Å². The number of sulfone groups is 1. The van der Waals surface area contributed by atoms with Gasteiger partial charge in [-0.15, -0.1) is 0 Å². The molecule has 0 aromatic rings. The highest BCUT2D eigenvalue weighted by atomic mass is 32.2. The van der Waals surface area contributed by atoms with Gasteiger partial charge in [0.1, 0.15) is 0 Å². The van der Waals surface area contributed by atoms with E-state index < -0.39 is 9.84 Å². The SMILES string of the molecule is CN(C1CCOCC1)C1(CN)CCCC1S(C)(=O)=O. The van der Waals surface area contributed by atoms with Crippen LogP contribution in [0.2, 0.25) is 0 Å². The molecule has 2 unspecified atom stereocenters. The Bertz CT molecular complexity index is 406. The fraction of sp³-hybridized carbons (Fsp3) is 1.00. The summed E-state index contributed by atoms with van der Waals surface area (Å²) in [6, 6.07) is 0.389. The van der Waals surface area contributed by atoms with E-state index in [1.54, 1.807) is 0 Å². The molecule has 2 fully saturated rings. The molecule has 1 aliphatic carbocycles. The Morgan fingerprint density at radius 3 is 2.47 bits per heavy atom. The van der Waals surface area contributed by atoms with Crippen molar-refractivity contribution in [3.63, 3.8) is 0 Å². The molecule has 2 aliphatic rings. The summed E-state index contributed by atoms with van der Waals surface area (Å²) < 4.78 is 29.6. The standard InChI is InChI=1S/C13H26N2O3S/c1-15(11-5-8-18-9-6-11)13(10-14)7-3-4-12(13)19(2,16)17/h11-12H,3-10,14H2,1-2H3. The van der Waals surface area contributed by atoms with Crippen LogP contribution in [0.4, 0.5) is 0 Å². The van der Waals surface area contributed by atoms with Crippen LogP contribution in [-0.2, 0) is 14.6 Å². The summed E-state index contributed by atoms with van der Waals surface area (Å²) >= 11 is 0. The maximum Gasteiger partial charge on any atom is 0.152 e. The highest BCUT2D eigenvalue weighted by Crippen LogP contribution is 2.40. The second kappa shape index (κ2) is 5.68. The van der Waals surface area contributed by atoms with E-state index in [-0.39, 0.29) is 10.8 Å². The van der Waals surface area contributed by atoms with E-state index in [0.29, 0.717) is 12.6 Å². The summed E-state index contributed by atoms with van der Waals surface area (Å²) in [5.74, 6) is 0. The average Bonchev–Trinajstić information content (AvgIpc) is 2.84. The van der Waals surface area contributed by atoms with Crippen molar-refractivity contribution in [2.75, 3.05) is 33.1 Å². The van der Waals surface area contributed by atoms with Crippen LogP contribution in [0.3, 0.4) is 0 Å². The molecule has 2 atom stereocenters. The lowest BCUT2D eigenvalue weighted by molar-refractivity contribution is 0.00115. The van der Waals surface area contributed by atoms with Crippen molar-refractivity contribution in [2.24, 2.45) is 5.73 Å². The Kier molecular flexibility index (Phi) is 4.55. The Labute approximate surface area is 116 Å². The summed E-state index contributed by atoms with van der Waals surface area (Å²) in [7, 11) is -1.01. The van der Waals surface area contributed by atoms with Crippen LogP contribution in [0.25, 0.3) is 0 Å². The van der Waals surface area contributed by atoms with Gasteiger partial charge in [-0.2, -0.15) is 0 Å². The molecule has 0 spiro atoms. The molecule has 0 bridgehead atoms.